The summed E-state index contributed by atoms with van der Waals surface area (Å²) >= 11 is 0. The highest BCUT2D eigenvalue weighted by Gasteiger charge is 1.92. The average Bonchev–Trinajstić information content (AvgIpc) is 1.88. The Labute approximate surface area is 56.7 Å². The van der Waals surface area contributed by atoms with E-state index in [-0.39, 0.29) is 0 Å². The Bertz CT molecular complexity index is 322. The van der Waals surface area contributed by atoms with E-state index >= 15 is 0 Å². The molecule has 0 unspecified atom stereocenters. The molecule has 0 fully saturated rings. The lowest BCUT2D eigenvalue weighted by Crippen LogP contribution is -2.21. The van der Waals surface area contributed by atoms with Crippen molar-refractivity contribution >= 4 is 0 Å². The van der Waals surface area contributed by atoms with Crippen LogP contribution in [0, 0.1) is 0 Å². The van der Waals surface area contributed by atoms with Crippen LogP contribution in [0.5, 0.6) is 0 Å². The summed E-state index contributed by atoms with van der Waals surface area (Å²) in [5, 5.41) is 0. The topological polar surface area (TPSA) is 52.2 Å². The quantitative estimate of drug-likeness (QED) is 0.545. The van der Waals surface area contributed by atoms with E-state index < -0.39 is 11.4 Å². The molecule has 0 bridgehead atoms. The van der Waals surface area contributed by atoms with Crippen molar-refractivity contribution < 1.29 is 4.42 Å². The largest absolute Gasteiger partial charge is 0.421 e. The summed E-state index contributed by atoms with van der Waals surface area (Å²) in [5.41, 5.74) is -0.602. The zero-order valence-corrected chi connectivity index (χ0v) is 5.53. The van der Waals surface area contributed by atoms with E-state index in [4.69, 9.17) is 0 Å². The summed E-state index contributed by atoms with van der Waals surface area (Å²) < 4.78 is 5.56. The molecule has 0 radical (unpaired) electrons. The van der Waals surface area contributed by atoms with Crippen LogP contribution in [0.2, 0.25) is 0 Å². The molecule has 0 aliphatic heterocycles. The van der Waals surface area contributed by atoms with Crippen LogP contribution in [-0.2, 0) is 6.54 Å². The molecule has 0 aliphatic carbocycles. The van der Waals surface area contributed by atoms with Crippen molar-refractivity contribution in [2.45, 2.75) is 13.5 Å². The van der Waals surface area contributed by atoms with Crippen LogP contribution >= 0.6 is 0 Å². The molecule has 0 atom stereocenters. The predicted molar refractivity (Wildman–Crippen MR) is 34.9 cm³/mol. The Morgan fingerprint density at radius 3 is 2.80 bits per heavy atom. The summed E-state index contributed by atoms with van der Waals surface area (Å²) in [4.78, 5) is 21.0. The third kappa shape index (κ3) is 1.15. The minimum absolute atomic E-state index is 0.516. The lowest BCUT2D eigenvalue weighted by molar-refractivity contribution is 0.406. The van der Waals surface area contributed by atoms with Gasteiger partial charge in [0.1, 0.15) is 0 Å². The van der Waals surface area contributed by atoms with Crippen molar-refractivity contribution in [3.05, 3.63) is 33.2 Å². The van der Waals surface area contributed by atoms with E-state index in [0.717, 1.165) is 0 Å². The minimum atomic E-state index is -0.602. The fraction of sp³-hybridized carbons (Fsp3) is 0.333. The van der Waals surface area contributed by atoms with Gasteiger partial charge in [0, 0.05) is 18.8 Å². The van der Waals surface area contributed by atoms with Gasteiger partial charge in [0.25, 0.3) is 0 Å². The summed E-state index contributed by atoms with van der Waals surface area (Å²) in [5.74, 6) is -0.602. The van der Waals surface area contributed by atoms with Crippen molar-refractivity contribution in [2.75, 3.05) is 0 Å². The van der Waals surface area contributed by atoms with E-state index in [2.05, 4.69) is 4.42 Å². The first-order chi connectivity index (χ1) is 4.74. The van der Waals surface area contributed by atoms with Crippen LogP contribution in [0.15, 0.2) is 26.3 Å². The van der Waals surface area contributed by atoms with Crippen molar-refractivity contribution in [1.82, 2.24) is 4.57 Å². The molecule has 0 saturated carbocycles. The number of hydrogen-bond donors (Lipinski definition) is 0. The van der Waals surface area contributed by atoms with E-state index in [0.29, 0.717) is 6.54 Å². The van der Waals surface area contributed by atoms with Crippen LogP contribution in [0.1, 0.15) is 6.92 Å². The molecule has 0 amide bonds. The Hall–Kier alpha value is -1.32. The number of nitrogens with zero attached hydrogens (tertiary/aromatic N) is 1. The summed E-state index contributed by atoms with van der Waals surface area (Å²) in [6.45, 7) is 2.31. The molecule has 1 rings (SSSR count). The van der Waals surface area contributed by atoms with Crippen molar-refractivity contribution in [3.63, 3.8) is 0 Å². The predicted octanol–water partition coefficient (Wildman–Crippen LogP) is -0.179. The molecule has 0 saturated heterocycles. The first-order valence-corrected chi connectivity index (χ1v) is 2.94. The lowest BCUT2D eigenvalue weighted by atomic mass is 10.6. The van der Waals surface area contributed by atoms with Gasteiger partial charge in [-0.25, -0.2) is 9.59 Å². The fourth-order valence-corrected chi connectivity index (χ4v) is 0.625. The van der Waals surface area contributed by atoms with Gasteiger partial charge in [-0.3, -0.25) is 4.57 Å². The maximum absolute atomic E-state index is 10.7. The summed E-state index contributed by atoms with van der Waals surface area (Å²) in [7, 11) is 0. The highest BCUT2D eigenvalue weighted by Crippen LogP contribution is 1.73. The second-order valence-corrected chi connectivity index (χ2v) is 1.79. The Kier molecular flexibility index (Phi) is 1.71. The molecule has 4 heteroatoms. The molecule has 1 aromatic rings. The molecule has 0 aliphatic rings. The van der Waals surface area contributed by atoms with Gasteiger partial charge in [0.15, 0.2) is 0 Å². The van der Waals surface area contributed by atoms with Crippen molar-refractivity contribution in [1.29, 1.82) is 0 Å². The molecule has 0 N–H and O–H groups in total. The van der Waals surface area contributed by atoms with Gasteiger partial charge in [0.05, 0.1) is 0 Å². The molecule has 0 aromatic carbocycles. The van der Waals surface area contributed by atoms with Crippen LogP contribution in [0.3, 0.4) is 0 Å². The van der Waals surface area contributed by atoms with Crippen molar-refractivity contribution in [2.24, 2.45) is 0 Å². The van der Waals surface area contributed by atoms with E-state index in [1.165, 1.54) is 16.8 Å². The first-order valence-electron chi connectivity index (χ1n) is 2.94. The van der Waals surface area contributed by atoms with Gasteiger partial charge in [-0.05, 0) is 6.92 Å². The third-order valence-electron chi connectivity index (χ3n) is 1.15. The van der Waals surface area contributed by atoms with Gasteiger partial charge in [-0.15, -0.1) is 0 Å². The SMILES string of the molecule is CCn1ccc(=O)oc1=O. The Morgan fingerprint density at radius 1 is 1.60 bits per heavy atom. The maximum Gasteiger partial charge on any atom is 0.421 e. The second-order valence-electron chi connectivity index (χ2n) is 1.79. The number of aromatic nitrogens is 1. The second kappa shape index (κ2) is 2.51. The molecule has 1 aromatic heterocycles. The summed E-state index contributed by atoms with van der Waals surface area (Å²) in [6, 6.07) is 1.21. The van der Waals surface area contributed by atoms with Crippen LogP contribution in [0.25, 0.3) is 0 Å². The first kappa shape index (κ1) is 6.80. The van der Waals surface area contributed by atoms with Crippen LogP contribution in [-0.4, -0.2) is 4.57 Å². The van der Waals surface area contributed by atoms with Crippen molar-refractivity contribution in [3.8, 4) is 0 Å². The van der Waals surface area contributed by atoms with Gasteiger partial charge < -0.3 is 4.42 Å². The zero-order chi connectivity index (χ0) is 7.56. The number of rotatable bonds is 1. The lowest BCUT2D eigenvalue weighted by Gasteiger charge is -1.94. The van der Waals surface area contributed by atoms with Gasteiger partial charge in [-0.1, -0.05) is 0 Å². The van der Waals surface area contributed by atoms with Gasteiger partial charge in [0.2, 0.25) is 0 Å². The maximum atomic E-state index is 10.7. The molecule has 1 heterocycles. The fourth-order valence-electron chi connectivity index (χ4n) is 0.625. The average molecular weight is 141 g/mol. The molecule has 0 spiro atoms. The minimum Gasteiger partial charge on any atom is -0.373 e. The smallest absolute Gasteiger partial charge is 0.373 e. The van der Waals surface area contributed by atoms with Crippen LogP contribution < -0.4 is 11.4 Å². The zero-order valence-electron chi connectivity index (χ0n) is 5.53. The van der Waals surface area contributed by atoms with E-state index in [9.17, 15) is 9.59 Å². The number of hydrogen-bond acceptors (Lipinski definition) is 3. The molecule has 54 valence electrons. The number of aryl methyl sites for hydroxylation is 1. The molecular formula is C6H7NO3. The Morgan fingerprint density at radius 2 is 2.30 bits per heavy atom. The summed E-state index contributed by atoms with van der Waals surface area (Å²) in [6.07, 6.45) is 1.41. The standard InChI is InChI=1S/C6H7NO3/c1-2-7-4-3-5(8)10-6(7)9/h3-4H,2H2,1H3. The third-order valence-corrected chi connectivity index (χ3v) is 1.15. The normalized spacial score (nSPS) is 9.70. The van der Waals surface area contributed by atoms with E-state index in [1.54, 1.807) is 6.92 Å². The van der Waals surface area contributed by atoms with E-state index in [1.807, 2.05) is 0 Å². The monoisotopic (exact) mass is 141 g/mol. The highest BCUT2D eigenvalue weighted by atomic mass is 16.4. The molecule has 4 nitrogen and oxygen atoms in total. The van der Waals surface area contributed by atoms with Crippen LogP contribution in [0.4, 0.5) is 0 Å². The van der Waals surface area contributed by atoms with Gasteiger partial charge in [-0.2, -0.15) is 0 Å². The highest BCUT2D eigenvalue weighted by molar-refractivity contribution is 4.77. The molecular weight excluding hydrogens is 134 g/mol. The molecule has 10 heavy (non-hydrogen) atoms. The Balaban J connectivity index is 3.34. The van der Waals surface area contributed by atoms with Gasteiger partial charge >= 0.3 is 11.4 Å².